The molecule has 0 fully saturated rings. The minimum Gasteiger partial charge on any atom is -0.455 e. The lowest BCUT2D eigenvalue weighted by molar-refractivity contribution is 0.671. The first-order valence-electron chi connectivity index (χ1n) is 21.1. The molecule has 2 aromatic heterocycles. The van der Waals surface area contributed by atoms with Gasteiger partial charge in [-0.15, -0.1) is 11.3 Å². The Labute approximate surface area is 364 Å². The Morgan fingerprint density at radius 3 is 1.10 bits per heavy atom. The predicted octanol–water partition coefficient (Wildman–Crippen LogP) is 17.6. The Balaban J connectivity index is 0.854. The highest BCUT2D eigenvalue weighted by Crippen LogP contribution is 2.43. The molecule has 0 unspecified atom stereocenters. The molecule has 0 aliphatic rings. The number of fused-ring (bicyclic) bond motifs is 6. The van der Waals surface area contributed by atoms with E-state index in [1.807, 2.05) is 11.3 Å². The van der Waals surface area contributed by atoms with E-state index >= 15 is 0 Å². The minimum absolute atomic E-state index is 0.912. The van der Waals surface area contributed by atoms with E-state index in [9.17, 15) is 0 Å². The number of hydrogen-bond acceptors (Lipinski definition) is 2. The lowest BCUT2D eigenvalue weighted by Crippen LogP contribution is -1.86. The van der Waals surface area contributed by atoms with Gasteiger partial charge in [0.1, 0.15) is 11.2 Å². The molecule has 0 aliphatic heterocycles. The van der Waals surface area contributed by atoms with E-state index < -0.39 is 0 Å². The molecule has 0 bridgehead atoms. The predicted molar refractivity (Wildman–Crippen MR) is 265 cm³/mol. The van der Waals surface area contributed by atoms with Gasteiger partial charge in [-0.2, -0.15) is 0 Å². The third kappa shape index (κ3) is 6.32. The van der Waals surface area contributed by atoms with Gasteiger partial charge in [-0.1, -0.05) is 194 Å². The summed E-state index contributed by atoms with van der Waals surface area (Å²) in [6.45, 7) is 0. The fraction of sp³-hybridized carbons (Fsp3) is 0. The van der Waals surface area contributed by atoms with Gasteiger partial charge < -0.3 is 4.42 Å². The van der Waals surface area contributed by atoms with Crippen LogP contribution in [-0.2, 0) is 0 Å². The standard InChI is InChI=1S/C60H38OS/c1-2-14-39(15-3-1)50-27-11-30-54-55-31-12-28-51(59(55)61-58(50)54)48-24-9-22-46(37-48)44-20-7-18-42(35-44)40-16-6-17-41(34-40)43-19-8-21-45(36-43)47-23-10-25-49(38-47)52-29-13-32-56-53-26-4-5-33-57(53)62-60(52)56/h1-38H. The molecule has 0 radical (unpaired) electrons. The molecular weight excluding hydrogens is 769 g/mol. The van der Waals surface area contributed by atoms with Crippen molar-refractivity contribution in [1.82, 2.24) is 0 Å². The fourth-order valence-corrected chi connectivity index (χ4v) is 10.5. The number of para-hydroxylation sites is 2. The van der Waals surface area contributed by atoms with Gasteiger partial charge in [-0.05, 0) is 103 Å². The molecule has 10 aromatic carbocycles. The fourth-order valence-electron chi connectivity index (χ4n) is 9.23. The van der Waals surface area contributed by atoms with Crippen LogP contribution >= 0.6 is 11.3 Å². The Hall–Kier alpha value is -7.78. The summed E-state index contributed by atoms with van der Waals surface area (Å²) in [5, 5.41) is 4.91. The zero-order chi connectivity index (χ0) is 41.0. The third-order valence-corrected chi connectivity index (χ3v) is 13.5. The summed E-state index contributed by atoms with van der Waals surface area (Å²) in [6, 6.07) is 83.4. The van der Waals surface area contributed by atoms with Crippen LogP contribution in [0.4, 0.5) is 0 Å². The van der Waals surface area contributed by atoms with Crippen molar-refractivity contribution in [2.45, 2.75) is 0 Å². The van der Waals surface area contributed by atoms with Crippen molar-refractivity contribution in [1.29, 1.82) is 0 Å². The quantitative estimate of drug-likeness (QED) is 0.156. The maximum absolute atomic E-state index is 6.77. The van der Waals surface area contributed by atoms with E-state index in [0.29, 0.717) is 0 Å². The SMILES string of the molecule is c1ccc(-c2cccc3c2oc2c(-c4cccc(-c5cccc(-c6cccc(-c7cccc(-c8cccc(-c9cccc%10c9sc9ccccc9%10)c8)c7)c6)c5)c4)cccc23)cc1. The van der Waals surface area contributed by atoms with Crippen molar-refractivity contribution < 1.29 is 4.42 Å². The zero-order valence-electron chi connectivity index (χ0n) is 33.8. The van der Waals surface area contributed by atoms with E-state index in [0.717, 1.165) is 49.8 Å². The van der Waals surface area contributed by atoms with Crippen molar-refractivity contribution >= 4 is 53.4 Å². The highest BCUT2D eigenvalue weighted by atomic mass is 32.1. The van der Waals surface area contributed by atoms with Crippen LogP contribution in [0.3, 0.4) is 0 Å². The molecule has 0 saturated carbocycles. The Bertz CT molecular complexity index is 3640. The van der Waals surface area contributed by atoms with Crippen molar-refractivity contribution in [3.63, 3.8) is 0 Å². The maximum atomic E-state index is 6.77. The van der Waals surface area contributed by atoms with Crippen LogP contribution in [0.15, 0.2) is 235 Å². The first kappa shape index (κ1) is 36.1. The maximum Gasteiger partial charge on any atom is 0.143 e. The summed E-state index contributed by atoms with van der Waals surface area (Å²) in [5.74, 6) is 0. The van der Waals surface area contributed by atoms with E-state index in [2.05, 4.69) is 231 Å². The lowest BCUT2D eigenvalue weighted by atomic mass is 9.93. The number of thiophene rings is 1. The van der Waals surface area contributed by atoms with Gasteiger partial charge >= 0.3 is 0 Å². The highest BCUT2D eigenvalue weighted by Gasteiger charge is 2.17. The third-order valence-electron chi connectivity index (χ3n) is 12.3. The molecule has 12 rings (SSSR count). The molecule has 0 aliphatic carbocycles. The number of hydrogen-bond donors (Lipinski definition) is 0. The van der Waals surface area contributed by atoms with Crippen molar-refractivity contribution in [3.8, 4) is 77.9 Å². The molecule has 62 heavy (non-hydrogen) atoms. The summed E-state index contributed by atoms with van der Waals surface area (Å²) in [6.07, 6.45) is 0. The van der Waals surface area contributed by atoms with Crippen LogP contribution in [0.2, 0.25) is 0 Å². The molecule has 0 N–H and O–H groups in total. The van der Waals surface area contributed by atoms with Crippen molar-refractivity contribution in [2.75, 3.05) is 0 Å². The van der Waals surface area contributed by atoms with E-state index in [1.54, 1.807) is 0 Å². The molecule has 0 atom stereocenters. The summed E-state index contributed by atoms with van der Waals surface area (Å²) in [7, 11) is 0. The second-order valence-electron chi connectivity index (χ2n) is 16.0. The van der Waals surface area contributed by atoms with E-state index in [-0.39, 0.29) is 0 Å². The average Bonchev–Trinajstić information content (AvgIpc) is 3.94. The number of rotatable bonds is 7. The average molecular weight is 807 g/mol. The summed E-state index contributed by atoms with van der Waals surface area (Å²) in [4.78, 5) is 0. The Morgan fingerprint density at radius 2 is 0.581 bits per heavy atom. The molecule has 2 heterocycles. The summed E-state index contributed by atoms with van der Waals surface area (Å²) in [5.41, 5.74) is 18.3. The molecule has 1 nitrogen and oxygen atoms in total. The van der Waals surface area contributed by atoms with Crippen LogP contribution in [0.1, 0.15) is 0 Å². The van der Waals surface area contributed by atoms with Crippen LogP contribution in [0.5, 0.6) is 0 Å². The summed E-state index contributed by atoms with van der Waals surface area (Å²) >= 11 is 1.88. The molecule has 290 valence electrons. The number of benzene rings is 10. The van der Waals surface area contributed by atoms with Gasteiger partial charge in [0.05, 0.1) is 0 Å². The Kier molecular flexibility index (Phi) is 8.76. The Morgan fingerprint density at radius 1 is 0.242 bits per heavy atom. The van der Waals surface area contributed by atoms with E-state index in [1.165, 1.54) is 70.2 Å². The zero-order valence-corrected chi connectivity index (χ0v) is 34.6. The number of furan rings is 1. The van der Waals surface area contributed by atoms with Gasteiger partial charge in [0.15, 0.2) is 0 Å². The van der Waals surface area contributed by atoms with E-state index in [4.69, 9.17) is 4.42 Å². The van der Waals surface area contributed by atoms with Crippen molar-refractivity contribution in [3.05, 3.63) is 231 Å². The lowest BCUT2D eigenvalue weighted by Gasteiger charge is -2.11. The van der Waals surface area contributed by atoms with Crippen molar-refractivity contribution in [2.24, 2.45) is 0 Å². The highest BCUT2D eigenvalue weighted by molar-refractivity contribution is 7.26. The second-order valence-corrected chi connectivity index (χ2v) is 17.1. The molecule has 0 spiro atoms. The van der Waals surface area contributed by atoms with Crippen LogP contribution in [0, 0.1) is 0 Å². The van der Waals surface area contributed by atoms with Crippen LogP contribution < -0.4 is 0 Å². The molecule has 0 amide bonds. The smallest absolute Gasteiger partial charge is 0.143 e. The van der Waals surface area contributed by atoms with Gasteiger partial charge in [-0.25, -0.2) is 0 Å². The normalized spacial score (nSPS) is 11.5. The molecule has 2 heteroatoms. The minimum atomic E-state index is 0.912. The van der Waals surface area contributed by atoms with Gasteiger partial charge in [0.25, 0.3) is 0 Å². The van der Waals surface area contributed by atoms with Crippen LogP contribution in [-0.4, -0.2) is 0 Å². The van der Waals surface area contributed by atoms with Gasteiger partial charge in [0.2, 0.25) is 0 Å². The topological polar surface area (TPSA) is 13.1 Å². The first-order chi connectivity index (χ1) is 30.7. The first-order valence-corrected chi connectivity index (χ1v) is 22.0. The largest absolute Gasteiger partial charge is 0.455 e. The summed E-state index contributed by atoms with van der Waals surface area (Å²) < 4.78 is 9.44. The molecular formula is C60H38OS. The monoisotopic (exact) mass is 806 g/mol. The second kappa shape index (κ2) is 15.0. The molecule has 0 saturated heterocycles. The van der Waals surface area contributed by atoms with Gasteiger partial charge in [0, 0.05) is 42.1 Å². The van der Waals surface area contributed by atoms with Crippen LogP contribution in [0.25, 0.3) is 120 Å². The molecule has 12 aromatic rings. The van der Waals surface area contributed by atoms with Gasteiger partial charge in [-0.3, -0.25) is 0 Å².